The first kappa shape index (κ1) is 19.3. The van der Waals surface area contributed by atoms with E-state index in [1.54, 1.807) is 12.1 Å². The van der Waals surface area contributed by atoms with Crippen molar-refractivity contribution < 1.29 is 18.7 Å². The van der Waals surface area contributed by atoms with E-state index < -0.39 is 12.2 Å². The molecule has 8 heteroatoms. The van der Waals surface area contributed by atoms with Crippen molar-refractivity contribution in [1.29, 1.82) is 0 Å². The molecule has 1 atom stereocenters. The van der Waals surface area contributed by atoms with Crippen molar-refractivity contribution in [1.82, 2.24) is 9.88 Å². The number of ether oxygens (including phenoxy) is 1. The Labute approximate surface area is 169 Å². The van der Waals surface area contributed by atoms with Gasteiger partial charge in [0.25, 0.3) is 0 Å². The number of aryl methyl sites for hydroxylation is 1. The minimum atomic E-state index is -0.533. The Hall–Kier alpha value is -3.03. The van der Waals surface area contributed by atoms with Gasteiger partial charge in [-0.15, -0.1) is 0 Å². The average Bonchev–Trinajstić information content (AvgIpc) is 3.33. The molecular formula is C21H25FN4O3. The van der Waals surface area contributed by atoms with E-state index in [1.807, 2.05) is 4.90 Å². The number of anilines is 2. The van der Waals surface area contributed by atoms with E-state index in [0.29, 0.717) is 24.5 Å². The second-order valence-corrected chi connectivity index (χ2v) is 7.59. The molecule has 7 nitrogen and oxygen atoms in total. The molecule has 154 valence electrons. The van der Waals surface area contributed by atoms with Crippen molar-refractivity contribution in [2.45, 2.75) is 46.0 Å². The lowest BCUT2D eigenvalue weighted by atomic mass is 10.2. The molecule has 0 unspecified atom stereocenters. The molecular weight excluding hydrogens is 375 g/mol. The molecule has 2 aromatic rings. The van der Waals surface area contributed by atoms with Crippen LogP contribution in [0.1, 0.15) is 31.4 Å². The van der Waals surface area contributed by atoms with Gasteiger partial charge in [-0.25, -0.2) is 9.18 Å². The Morgan fingerprint density at radius 1 is 1.28 bits per heavy atom. The smallest absolute Gasteiger partial charge is 0.414 e. The molecule has 1 fully saturated rings. The number of cyclic esters (lactones) is 1. The highest BCUT2D eigenvalue weighted by atomic mass is 19.1. The predicted octanol–water partition coefficient (Wildman–Crippen LogP) is 3.02. The molecule has 3 heterocycles. The van der Waals surface area contributed by atoms with Crippen LogP contribution in [0.2, 0.25) is 0 Å². The van der Waals surface area contributed by atoms with Crippen molar-refractivity contribution in [2.24, 2.45) is 0 Å². The van der Waals surface area contributed by atoms with Crippen LogP contribution in [0.15, 0.2) is 30.6 Å². The van der Waals surface area contributed by atoms with Crippen LogP contribution in [0, 0.1) is 5.82 Å². The minimum Gasteiger partial charge on any atom is -0.442 e. The lowest BCUT2D eigenvalue weighted by Crippen LogP contribution is -2.33. The maximum Gasteiger partial charge on any atom is 0.414 e. The molecule has 1 saturated heterocycles. The zero-order valence-electron chi connectivity index (χ0n) is 16.7. The molecule has 4 rings (SSSR count). The number of carbonyl (C=O) groups is 2. The summed E-state index contributed by atoms with van der Waals surface area (Å²) in [7, 11) is 0. The molecule has 0 aliphatic carbocycles. The van der Waals surface area contributed by atoms with E-state index in [2.05, 4.69) is 29.2 Å². The summed E-state index contributed by atoms with van der Waals surface area (Å²) in [5.74, 6) is -0.555. The summed E-state index contributed by atoms with van der Waals surface area (Å²) in [4.78, 5) is 26.6. The third-order valence-corrected chi connectivity index (χ3v) is 5.30. The fraction of sp³-hybridized carbons (Fsp3) is 0.429. The van der Waals surface area contributed by atoms with E-state index in [9.17, 15) is 14.0 Å². The number of nitrogens with one attached hydrogen (secondary N) is 1. The van der Waals surface area contributed by atoms with Gasteiger partial charge >= 0.3 is 6.09 Å². The molecule has 1 aromatic heterocycles. The molecule has 2 aliphatic rings. The number of hydrogen-bond donors (Lipinski definition) is 1. The van der Waals surface area contributed by atoms with E-state index in [4.69, 9.17) is 4.74 Å². The Balaban J connectivity index is 1.44. The van der Waals surface area contributed by atoms with Gasteiger partial charge in [-0.3, -0.25) is 9.69 Å². The van der Waals surface area contributed by atoms with Crippen molar-refractivity contribution in [3.63, 3.8) is 0 Å². The van der Waals surface area contributed by atoms with Crippen LogP contribution in [0.5, 0.6) is 0 Å². The molecule has 0 radical (unpaired) electrons. The van der Waals surface area contributed by atoms with Crippen LogP contribution in [0.3, 0.4) is 0 Å². The van der Waals surface area contributed by atoms with Crippen molar-refractivity contribution in [3.8, 4) is 0 Å². The normalized spacial score (nSPS) is 18.2. The number of fused-ring (bicyclic) bond motifs is 1. The number of carbonyl (C=O) groups excluding carboxylic acids is 2. The molecule has 0 saturated carbocycles. The summed E-state index contributed by atoms with van der Waals surface area (Å²) in [6, 6.07) is 4.82. The summed E-state index contributed by atoms with van der Waals surface area (Å²) in [6.07, 6.45) is 4.38. The van der Waals surface area contributed by atoms with Crippen LogP contribution < -0.4 is 15.1 Å². The monoisotopic (exact) mass is 400 g/mol. The zero-order valence-corrected chi connectivity index (χ0v) is 16.7. The number of aromatic nitrogens is 1. The number of hydrogen-bond acceptors (Lipinski definition) is 4. The van der Waals surface area contributed by atoms with Gasteiger partial charge in [-0.1, -0.05) is 6.92 Å². The van der Waals surface area contributed by atoms with E-state index >= 15 is 0 Å². The second-order valence-electron chi connectivity index (χ2n) is 7.59. The Bertz CT molecular complexity index is 919. The maximum absolute atomic E-state index is 14.9. The van der Waals surface area contributed by atoms with Crippen LogP contribution >= 0.6 is 0 Å². The summed E-state index contributed by atoms with van der Waals surface area (Å²) in [5.41, 5.74) is 3.43. The molecule has 0 spiro atoms. The lowest BCUT2D eigenvalue weighted by molar-refractivity contribution is -0.119. The first-order valence-corrected chi connectivity index (χ1v) is 9.89. The summed E-state index contributed by atoms with van der Waals surface area (Å²) in [5, 5.41) is 2.63. The molecule has 0 bridgehead atoms. The molecule has 1 N–H and O–H groups in total. The summed E-state index contributed by atoms with van der Waals surface area (Å²) < 4.78 is 22.3. The van der Waals surface area contributed by atoms with E-state index in [0.717, 1.165) is 13.0 Å². The van der Waals surface area contributed by atoms with Crippen molar-refractivity contribution >= 4 is 23.4 Å². The standard InChI is InChI=1S/C21H25FN4O3/c1-3-6-24-9-15-11-25(12-16(15)10-24)20-5-4-17(7-19(20)22)26-13-18(29-21(26)28)8-23-14(2)27/h4-5,7,9-10,18H,3,6,8,11-13H2,1-2H3,(H,23,27)/t18-/m0/s1. The number of halogens is 1. The minimum absolute atomic E-state index is 0.187. The number of nitrogens with zero attached hydrogens (tertiary/aromatic N) is 3. The number of benzene rings is 1. The first-order chi connectivity index (χ1) is 13.9. The second kappa shape index (κ2) is 7.77. The van der Waals surface area contributed by atoms with Crippen LogP contribution in [-0.4, -0.2) is 35.8 Å². The lowest BCUT2D eigenvalue weighted by Gasteiger charge is -2.21. The highest BCUT2D eigenvalue weighted by molar-refractivity contribution is 5.90. The van der Waals surface area contributed by atoms with Gasteiger partial charge in [-0.05, 0) is 35.7 Å². The SMILES string of the molecule is CCCn1cc2c(c1)CN(c1ccc(N3C[C@H](CNC(C)=O)OC3=O)cc1F)C2. The molecule has 2 aliphatic heterocycles. The van der Waals surface area contributed by atoms with Crippen LogP contribution in [0.25, 0.3) is 0 Å². The van der Waals surface area contributed by atoms with Gasteiger partial charge in [0.05, 0.1) is 24.5 Å². The Morgan fingerprint density at radius 3 is 2.62 bits per heavy atom. The van der Waals surface area contributed by atoms with Crippen molar-refractivity contribution in [2.75, 3.05) is 22.9 Å². The molecule has 2 amide bonds. The molecule has 1 aromatic carbocycles. The maximum atomic E-state index is 14.9. The highest BCUT2D eigenvalue weighted by Crippen LogP contribution is 2.33. The summed E-state index contributed by atoms with van der Waals surface area (Å²) >= 11 is 0. The third-order valence-electron chi connectivity index (χ3n) is 5.30. The number of rotatable bonds is 6. The average molecular weight is 400 g/mol. The van der Waals surface area contributed by atoms with Gasteiger partial charge in [0, 0.05) is 39.0 Å². The van der Waals surface area contributed by atoms with Crippen molar-refractivity contribution in [3.05, 3.63) is 47.5 Å². The van der Waals surface area contributed by atoms with Gasteiger partial charge < -0.3 is 19.5 Å². The quantitative estimate of drug-likeness (QED) is 0.810. The Kier molecular flexibility index (Phi) is 5.17. The summed E-state index contributed by atoms with van der Waals surface area (Å²) in [6.45, 7) is 6.40. The third kappa shape index (κ3) is 3.92. The van der Waals surface area contributed by atoms with Gasteiger partial charge in [0.2, 0.25) is 5.91 Å². The van der Waals surface area contributed by atoms with E-state index in [-0.39, 0.29) is 24.8 Å². The van der Waals surface area contributed by atoms with Crippen LogP contribution in [0.4, 0.5) is 20.6 Å². The predicted molar refractivity (Wildman–Crippen MR) is 107 cm³/mol. The fourth-order valence-electron chi connectivity index (χ4n) is 3.93. The number of amides is 2. The van der Waals surface area contributed by atoms with Gasteiger partial charge in [-0.2, -0.15) is 0 Å². The topological polar surface area (TPSA) is 66.8 Å². The fourth-order valence-corrected chi connectivity index (χ4v) is 3.93. The molecule has 29 heavy (non-hydrogen) atoms. The Morgan fingerprint density at radius 2 is 2.00 bits per heavy atom. The zero-order chi connectivity index (χ0) is 20.5. The first-order valence-electron chi connectivity index (χ1n) is 9.89. The van der Waals surface area contributed by atoms with E-state index in [1.165, 1.54) is 29.0 Å². The van der Waals surface area contributed by atoms with Gasteiger partial charge in [0.15, 0.2) is 0 Å². The van der Waals surface area contributed by atoms with Gasteiger partial charge in [0.1, 0.15) is 11.9 Å². The highest BCUT2D eigenvalue weighted by Gasteiger charge is 2.33. The van der Waals surface area contributed by atoms with Crippen LogP contribution in [-0.2, 0) is 29.2 Å². The largest absolute Gasteiger partial charge is 0.442 e.